The van der Waals surface area contributed by atoms with Gasteiger partial charge in [-0.05, 0) is 65.0 Å². The van der Waals surface area contributed by atoms with Crippen molar-refractivity contribution in [3.05, 3.63) is 33.4 Å². The predicted octanol–water partition coefficient (Wildman–Crippen LogP) is 7.61. The lowest BCUT2D eigenvalue weighted by Crippen LogP contribution is -2.41. The van der Waals surface area contributed by atoms with E-state index in [0.29, 0.717) is 0 Å². The minimum atomic E-state index is -0.846. The van der Waals surface area contributed by atoms with Crippen LogP contribution in [0, 0.1) is 9.49 Å². The van der Waals surface area contributed by atoms with Gasteiger partial charge in [0.2, 0.25) is 0 Å². The molecule has 2 heteroatoms. The number of unbranched alkanes of at least 4 members (excludes halogenated alkanes) is 2. The number of rotatable bonds is 5. The van der Waals surface area contributed by atoms with Gasteiger partial charge in [-0.25, -0.2) is 0 Å². The van der Waals surface area contributed by atoms with E-state index in [2.05, 4.69) is 53.8 Å². The first-order chi connectivity index (χ1) is 11.2. The van der Waals surface area contributed by atoms with E-state index in [4.69, 9.17) is 0 Å². The molecule has 23 heavy (non-hydrogen) atoms. The van der Waals surface area contributed by atoms with Crippen molar-refractivity contribution in [1.29, 1.82) is 0 Å². The van der Waals surface area contributed by atoms with Crippen LogP contribution in [0.1, 0.15) is 69.8 Å². The van der Waals surface area contributed by atoms with Gasteiger partial charge in [0.05, 0.1) is 8.07 Å². The van der Waals surface area contributed by atoms with Gasteiger partial charge in [0, 0.05) is 3.57 Å². The first kappa shape index (κ1) is 18.0. The van der Waals surface area contributed by atoms with Crippen molar-refractivity contribution in [2.45, 2.75) is 88.4 Å². The molecule has 0 atom stereocenters. The van der Waals surface area contributed by atoms with E-state index in [1.54, 1.807) is 42.6 Å². The van der Waals surface area contributed by atoms with Crippen LogP contribution in [0.5, 0.6) is 0 Å². The van der Waals surface area contributed by atoms with Gasteiger partial charge in [-0.2, -0.15) is 0 Å². The van der Waals surface area contributed by atoms with Gasteiger partial charge >= 0.3 is 0 Å². The Labute approximate surface area is 158 Å². The average Bonchev–Trinajstić information content (AvgIpc) is 2.59. The molecule has 0 amide bonds. The summed E-state index contributed by atoms with van der Waals surface area (Å²) >= 11 is 2.42. The molecule has 0 saturated carbocycles. The topological polar surface area (TPSA) is 0 Å². The van der Waals surface area contributed by atoms with Crippen molar-refractivity contribution in [2.24, 2.45) is 5.92 Å². The van der Waals surface area contributed by atoms with Crippen molar-refractivity contribution in [2.75, 3.05) is 0 Å². The zero-order valence-electron chi connectivity index (χ0n) is 14.8. The molecule has 2 saturated heterocycles. The Morgan fingerprint density at radius 3 is 2.13 bits per heavy atom. The lowest BCUT2D eigenvalue weighted by atomic mass is 9.93. The van der Waals surface area contributed by atoms with Crippen molar-refractivity contribution >= 4 is 30.7 Å². The van der Waals surface area contributed by atoms with Crippen LogP contribution in [-0.2, 0) is 0 Å². The van der Waals surface area contributed by atoms with E-state index in [0.717, 1.165) is 11.8 Å². The molecule has 2 fully saturated rings. The maximum Gasteiger partial charge on any atom is 0.0536 e. The first-order valence-corrected chi connectivity index (χ1v) is 13.9. The molecule has 0 nitrogen and oxygen atoms in total. The molecule has 1 spiro atoms. The van der Waals surface area contributed by atoms with Gasteiger partial charge in [0.15, 0.2) is 0 Å². The van der Waals surface area contributed by atoms with E-state index < -0.39 is 8.07 Å². The highest BCUT2D eigenvalue weighted by atomic mass is 127. The molecular formula is C21H33ISi. The highest BCUT2D eigenvalue weighted by molar-refractivity contribution is 14.1. The average molecular weight is 440 g/mol. The number of hydrogen-bond acceptors (Lipinski definition) is 0. The Balaban J connectivity index is 1.46. The standard InChI is InChI=1S/C21H33ISi/c1-2-3-4-5-18-10-14-23(15-11-18)16-12-20(13-17-23)19-6-8-21(22)9-7-19/h6-9,18,20H,2-5,10-17H2,1H3. The second-order valence-corrected chi connectivity index (χ2v) is 14.5. The second-order valence-electron chi connectivity index (χ2n) is 8.26. The van der Waals surface area contributed by atoms with E-state index >= 15 is 0 Å². The number of hydrogen-bond donors (Lipinski definition) is 0. The van der Waals surface area contributed by atoms with Crippen molar-refractivity contribution in [3.63, 3.8) is 0 Å². The Morgan fingerprint density at radius 1 is 0.913 bits per heavy atom. The van der Waals surface area contributed by atoms with Gasteiger partial charge in [-0.1, -0.05) is 81.8 Å². The molecule has 0 N–H and O–H groups in total. The lowest BCUT2D eigenvalue weighted by Gasteiger charge is -2.43. The molecule has 2 aliphatic heterocycles. The van der Waals surface area contributed by atoms with Crippen LogP contribution in [0.3, 0.4) is 0 Å². The normalized spacial score (nSPS) is 31.4. The maximum atomic E-state index is 2.42. The molecule has 1 aromatic rings. The van der Waals surface area contributed by atoms with Crippen LogP contribution < -0.4 is 0 Å². The zero-order valence-corrected chi connectivity index (χ0v) is 18.0. The van der Waals surface area contributed by atoms with Gasteiger partial charge in [-0.15, -0.1) is 0 Å². The maximum absolute atomic E-state index is 2.42. The van der Waals surface area contributed by atoms with E-state index in [1.807, 2.05) is 0 Å². The monoisotopic (exact) mass is 440 g/mol. The minimum Gasteiger partial charge on any atom is -0.0654 e. The first-order valence-electron chi connectivity index (χ1n) is 9.96. The molecule has 0 aliphatic carbocycles. The summed E-state index contributed by atoms with van der Waals surface area (Å²) < 4.78 is 1.37. The minimum absolute atomic E-state index is 0.846. The van der Waals surface area contributed by atoms with Gasteiger partial charge in [0.1, 0.15) is 0 Å². The molecule has 0 aromatic heterocycles. The highest BCUT2D eigenvalue weighted by Gasteiger charge is 2.40. The fraction of sp³-hybridized carbons (Fsp3) is 0.714. The third-order valence-corrected chi connectivity index (χ3v) is 12.9. The highest BCUT2D eigenvalue weighted by Crippen LogP contribution is 2.47. The van der Waals surface area contributed by atoms with Crippen LogP contribution in [0.25, 0.3) is 0 Å². The third-order valence-electron chi connectivity index (χ3n) is 6.77. The third kappa shape index (κ3) is 4.84. The summed E-state index contributed by atoms with van der Waals surface area (Å²) in [5.74, 6) is 1.96. The molecule has 0 bridgehead atoms. The molecule has 1 aromatic carbocycles. The van der Waals surface area contributed by atoms with E-state index in [9.17, 15) is 0 Å². The van der Waals surface area contributed by atoms with Crippen molar-refractivity contribution < 1.29 is 0 Å². The lowest BCUT2D eigenvalue weighted by molar-refractivity contribution is 0.407. The predicted molar refractivity (Wildman–Crippen MR) is 113 cm³/mol. The Kier molecular flexibility index (Phi) is 6.65. The quantitative estimate of drug-likeness (QED) is 0.251. The largest absolute Gasteiger partial charge is 0.0654 e. The van der Waals surface area contributed by atoms with Crippen molar-refractivity contribution in [1.82, 2.24) is 0 Å². The summed E-state index contributed by atoms with van der Waals surface area (Å²) in [7, 11) is -0.846. The van der Waals surface area contributed by atoms with Gasteiger partial charge in [0.25, 0.3) is 0 Å². The molecule has 3 rings (SSSR count). The fourth-order valence-corrected chi connectivity index (χ4v) is 10.9. The molecular weight excluding hydrogens is 407 g/mol. The van der Waals surface area contributed by atoms with Crippen LogP contribution in [-0.4, -0.2) is 8.07 Å². The molecule has 2 heterocycles. The number of benzene rings is 1. The van der Waals surface area contributed by atoms with E-state index in [1.165, 1.54) is 42.1 Å². The summed E-state index contributed by atoms with van der Waals surface area (Å²) in [5.41, 5.74) is 1.61. The smallest absolute Gasteiger partial charge is 0.0536 e. The fourth-order valence-electron chi connectivity index (χ4n) is 5.06. The Morgan fingerprint density at radius 2 is 1.52 bits per heavy atom. The SMILES string of the molecule is CCCCCC1CC[Si]2(CC1)CCC(c1ccc(I)cc1)CC2. The zero-order chi connectivity index (χ0) is 16.1. The van der Waals surface area contributed by atoms with Crippen LogP contribution in [0.2, 0.25) is 24.2 Å². The van der Waals surface area contributed by atoms with E-state index in [-0.39, 0.29) is 0 Å². The molecule has 0 unspecified atom stereocenters. The summed E-state index contributed by atoms with van der Waals surface area (Å²) in [6, 6.07) is 16.0. The molecule has 128 valence electrons. The Bertz CT molecular complexity index is 463. The van der Waals surface area contributed by atoms with Gasteiger partial charge in [-0.3, -0.25) is 0 Å². The summed E-state index contributed by atoms with van der Waals surface area (Å²) in [5, 5.41) is 0. The summed E-state index contributed by atoms with van der Waals surface area (Å²) in [4.78, 5) is 0. The molecule has 0 radical (unpaired) electrons. The van der Waals surface area contributed by atoms with Crippen LogP contribution in [0.4, 0.5) is 0 Å². The van der Waals surface area contributed by atoms with Gasteiger partial charge < -0.3 is 0 Å². The second kappa shape index (κ2) is 8.51. The van der Waals surface area contributed by atoms with Crippen LogP contribution in [0.15, 0.2) is 24.3 Å². The van der Waals surface area contributed by atoms with Crippen LogP contribution >= 0.6 is 22.6 Å². The Hall–Kier alpha value is 0.167. The van der Waals surface area contributed by atoms with Crippen molar-refractivity contribution in [3.8, 4) is 0 Å². The molecule has 2 aliphatic rings. The summed E-state index contributed by atoms with van der Waals surface area (Å²) in [6.45, 7) is 2.33. The number of halogens is 1. The summed E-state index contributed by atoms with van der Waals surface area (Å²) in [6.07, 6.45) is 12.0.